The minimum atomic E-state index is 0.280. The Morgan fingerprint density at radius 1 is 1.26 bits per heavy atom. The van der Waals surface area contributed by atoms with Crippen LogP contribution < -0.4 is 10.1 Å². The lowest BCUT2D eigenvalue weighted by atomic mass is 10.00. The maximum Gasteiger partial charge on any atom is 0.126 e. The molecule has 1 rings (SSSR count). The van der Waals surface area contributed by atoms with Crippen LogP contribution in [0.3, 0.4) is 0 Å². The van der Waals surface area contributed by atoms with Crippen LogP contribution in [-0.4, -0.2) is 24.7 Å². The van der Waals surface area contributed by atoms with Crippen molar-refractivity contribution in [2.45, 2.75) is 45.4 Å². The number of benzene rings is 1. The van der Waals surface area contributed by atoms with Crippen LogP contribution in [0, 0.1) is 13.8 Å². The fourth-order valence-electron chi connectivity index (χ4n) is 2.02. The van der Waals surface area contributed by atoms with Gasteiger partial charge in [-0.25, -0.2) is 0 Å². The Morgan fingerprint density at radius 3 is 2.37 bits per heavy atom. The SMILES string of the molecule is CNC(CSC(C)(C)C)c1ccc(C)c(C)c1OC. The van der Waals surface area contributed by atoms with Gasteiger partial charge in [0.05, 0.1) is 7.11 Å². The number of rotatable bonds is 5. The van der Waals surface area contributed by atoms with Crippen LogP contribution in [0.5, 0.6) is 5.75 Å². The second-order valence-corrected chi connectivity index (χ2v) is 7.74. The Morgan fingerprint density at radius 2 is 1.89 bits per heavy atom. The highest BCUT2D eigenvalue weighted by Gasteiger charge is 2.20. The first-order valence-corrected chi connectivity index (χ1v) is 7.74. The molecule has 0 fully saturated rings. The van der Waals surface area contributed by atoms with Crippen LogP contribution in [0.2, 0.25) is 0 Å². The summed E-state index contributed by atoms with van der Waals surface area (Å²) in [5.41, 5.74) is 3.77. The molecule has 0 spiro atoms. The molecule has 19 heavy (non-hydrogen) atoms. The van der Waals surface area contributed by atoms with Gasteiger partial charge in [-0.15, -0.1) is 0 Å². The zero-order valence-electron chi connectivity index (χ0n) is 13.3. The van der Waals surface area contributed by atoms with Crippen molar-refractivity contribution in [3.05, 3.63) is 28.8 Å². The lowest BCUT2D eigenvalue weighted by molar-refractivity contribution is 0.400. The van der Waals surface area contributed by atoms with E-state index in [1.54, 1.807) is 7.11 Å². The molecule has 0 aromatic heterocycles. The zero-order valence-corrected chi connectivity index (χ0v) is 14.1. The third-order valence-corrected chi connectivity index (χ3v) is 4.68. The molecule has 1 atom stereocenters. The summed E-state index contributed by atoms with van der Waals surface area (Å²) in [5.74, 6) is 2.06. The molecule has 0 bridgehead atoms. The van der Waals surface area contributed by atoms with Crippen molar-refractivity contribution < 1.29 is 4.74 Å². The van der Waals surface area contributed by atoms with Crippen molar-refractivity contribution in [1.29, 1.82) is 0 Å². The van der Waals surface area contributed by atoms with E-state index in [0.717, 1.165) is 11.5 Å². The van der Waals surface area contributed by atoms with Gasteiger partial charge in [-0.1, -0.05) is 32.9 Å². The summed E-state index contributed by atoms with van der Waals surface area (Å²) in [6.45, 7) is 11.0. The number of thioether (sulfide) groups is 1. The molecule has 1 N–H and O–H groups in total. The Bertz CT molecular complexity index is 423. The molecule has 2 nitrogen and oxygen atoms in total. The van der Waals surface area contributed by atoms with Crippen molar-refractivity contribution in [3.63, 3.8) is 0 Å². The van der Waals surface area contributed by atoms with Gasteiger partial charge in [0.15, 0.2) is 0 Å². The molecule has 1 aromatic carbocycles. The second-order valence-electron chi connectivity index (χ2n) is 5.89. The molecular weight excluding hydrogens is 254 g/mol. The Hall–Kier alpha value is -0.670. The summed E-state index contributed by atoms with van der Waals surface area (Å²) < 4.78 is 5.90. The highest BCUT2D eigenvalue weighted by Crippen LogP contribution is 2.34. The Balaban J connectivity index is 3.01. The molecule has 1 unspecified atom stereocenters. The van der Waals surface area contributed by atoms with Gasteiger partial charge >= 0.3 is 0 Å². The topological polar surface area (TPSA) is 21.3 Å². The van der Waals surface area contributed by atoms with Crippen LogP contribution in [-0.2, 0) is 0 Å². The molecular formula is C16H27NOS. The first kappa shape index (κ1) is 16.4. The van der Waals surface area contributed by atoms with Gasteiger partial charge in [0, 0.05) is 22.1 Å². The highest BCUT2D eigenvalue weighted by molar-refractivity contribution is 8.00. The van der Waals surface area contributed by atoms with Gasteiger partial charge in [0.2, 0.25) is 0 Å². The molecule has 0 aliphatic heterocycles. The van der Waals surface area contributed by atoms with Crippen molar-refractivity contribution in [3.8, 4) is 5.75 Å². The van der Waals surface area contributed by atoms with E-state index in [4.69, 9.17) is 4.74 Å². The average molecular weight is 281 g/mol. The Labute approximate surface area is 122 Å². The third kappa shape index (κ3) is 4.43. The third-order valence-electron chi connectivity index (χ3n) is 3.32. The summed E-state index contributed by atoms with van der Waals surface area (Å²) in [4.78, 5) is 0. The molecule has 0 amide bonds. The number of hydrogen-bond donors (Lipinski definition) is 1. The van der Waals surface area contributed by atoms with Gasteiger partial charge in [0.1, 0.15) is 5.75 Å². The predicted molar refractivity (Wildman–Crippen MR) is 86.5 cm³/mol. The monoisotopic (exact) mass is 281 g/mol. The van der Waals surface area contributed by atoms with Crippen LogP contribution in [0.1, 0.15) is 43.5 Å². The molecule has 0 saturated carbocycles. The summed E-state index contributed by atoms with van der Waals surface area (Å²) in [6.07, 6.45) is 0. The molecule has 0 saturated heterocycles. The van der Waals surface area contributed by atoms with Crippen LogP contribution >= 0.6 is 11.8 Å². The molecule has 0 aliphatic carbocycles. The van der Waals surface area contributed by atoms with E-state index in [1.807, 2.05) is 18.8 Å². The van der Waals surface area contributed by atoms with E-state index in [2.05, 4.69) is 52.1 Å². The summed E-state index contributed by atoms with van der Waals surface area (Å²) >= 11 is 1.97. The lowest BCUT2D eigenvalue weighted by Gasteiger charge is -2.25. The minimum absolute atomic E-state index is 0.280. The average Bonchev–Trinajstić information content (AvgIpc) is 2.33. The minimum Gasteiger partial charge on any atom is -0.496 e. The van der Waals surface area contributed by atoms with Crippen LogP contribution in [0.25, 0.3) is 0 Å². The van der Waals surface area contributed by atoms with Crippen molar-refractivity contribution in [2.75, 3.05) is 19.9 Å². The summed E-state index contributed by atoms with van der Waals surface area (Å²) in [7, 11) is 3.78. The van der Waals surface area contributed by atoms with Gasteiger partial charge in [-0.2, -0.15) is 11.8 Å². The molecule has 1 aromatic rings. The maximum atomic E-state index is 5.62. The van der Waals surface area contributed by atoms with Gasteiger partial charge in [-0.3, -0.25) is 0 Å². The zero-order chi connectivity index (χ0) is 14.6. The number of hydrogen-bond acceptors (Lipinski definition) is 3. The van der Waals surface area contributed by atoms with E-state index in [0.29, 0.717) is 6.04 Å². The molecule has 0 aliphatic rings. The van der Waals surface area contributed by atoms with E-state index >= 15 is 0 Å². The number of nitrogens with one attached hydrogen (secondary N) is 1. The van der Waals surface area contributed by atoms with E-state index in [9.17, 15) is 0 Å². The molecule has 0 radical (unpaired) electrons. The van der Waals surface area contributed by atoms with E-state index in [-0.39, 0.29) is 4.75 Å². The maximum absolute atomic E-state index is 5.62. The van der Waals surface area contributed by atoms with Gasteiger partial charge in [-0.05, 0) is 32.0 Å². The van der Waals surface area contributed by atoms with Crippen molar-refractivity contribution >= 4 is 11.8 Å². The van der Waals surface area contributed by atoms with Gasteiger partial charge in [0.25, 0.3) is 0 Å². The first-order chi connectivity index (χ1) is 8.80. The normalized spacial score (nSPS) is 13.4. The fraction of sp³-hybridized carbons (Fsp3) is 0.625. The van der Waals surface area contributed by atoms with Crippen LogP contribution in [0.15, 0.2) is 12.1 Å². The quantitative estimate of drug-likeness (QED) is 0.878. The number of aryl methyl sites for hydroxylation is 1. The largest absolute Gasteiger partial charge is 0.496 e. The van der Waals surface area contributed by atoms with Gasteiger partial charge < -0.3 is 10.1 Å². The summed E-state index contributed by atoms with van der Waals surface area (Å²) in [6, 6.07) is 4.68. The number of ether oxygens (including phenoxy) is 1. The molecule has 108 valence electrons. The Kier molecular flexibility index (Phi) is 5.75. The fourth-order valence-corrected chi connectivity index (χ4v) is 3.03. The summed E-state index contributed by atoms with van der Waals surface area (Å²) in [5, 5.41) is 3.41. The first-order valence-electron chi connectivity index (χ1n) is 6.75. The van der Waals surface area contributed by atoms with E-state index in [1.165, 1.54) is 16.7 Å². The molecule has 3 heteroatoms. The van der Waals surface area contributed by atoms with Crippen molar-refractivity contribution in [1.82, 2.24) is 5.32 Å². The van der Waals surface area contributed by atoms with Crippen LogP contribution in [0.4, 0.5) is 0 Å². The highest BCUT2D eigenvalue weighted by atomic mass is 32.2. The lowest BCUT2D eigenvalue weighted by Crippen LogP contribution is -2.22. The predicted octanol–water partition coefficient (Wildman–Crippen LogP) is 4.10. The smallest absolute Gasteiger partial charge is 0.126 e. The van der Waals surface area contributed by atoms with Crippen molar-refractivity contribution in [2.24, 2.45) is 0 Å². The standard InChI is InChI=1S/C16H27NOS/c1-11-8-9-13(15(18-7)12(11)2)14(17-6)10-19-16(3,4)5/h8-9,14,17H,10H2,1-7H3. The second kappa shape index (κ2) is 6.67. The molecule has 0 heterocycles. The number of methoxy groups -OCH3 is 1. The van der Waals surface area contributed by atoms with E-state index < -0.39 is 0 Å².